The minimum atomic E-state index is -1.31. The van der Waals surface area contributed by atoms with E-state index >= 15 is 0 Å². The molecule has 1 unspecified atom stereocenters. The zero-order valence-corrected chi connectivity index (χ0v) is 19.1. The number of carboxylic acids is 2. The number of hydrogen-bond donors (Lipinski definition) is 5. The van der Waals surface area contributed by atoms with Crippen molar-refractivity contribution in [3.8, 4) is 12.3 Å². The molecule has 0 bridgehead atoms. The fraction of sp³-hybridized carbons (Fsp3) is 0.280. The summed E-state index contributed by atoms with van der Waals surface area (Å²) in [5.74, 6) is -0.628. The van der Waals surface area contributed by atoms with E-state index in [2.05, 4.69) is 21.9 Å². The topological polar surface area (TPSA) is 148 Å². The average molecular weight is 479 g/mol. The Morgan fingerprint density at radius 1 is 1.14 bits per heavy atom. The maximum Gasteiger partial charge on any atom is 0.326 e. The van der Waals surface area contributed by atoms with Gasteiger partial charge < -0.3 is 31.1 Å². The Morgan fingerprint density at radius 2 is 1.86 bits per heavy atom. The molecule has 0 radical (unpaired) electrons. The highest BCUT2D eigenvalue weighted by Gasteiger charge is 2.23. The van der Waals surface area contributed by atoms with E-state index in [0.29, 0.717) is 12.1 Å². The minimum Gasteiger partial charge on any atom is -0.481 e. The van der Waals surface area contributed by atoms with E-state index < -0.39 is 23.9 Å². The van der Waals surface area contributed by atoms with Crippen LogP contribution in [0.25, 0.3) is 0 Å². The molecule has 0 saturated carbocycles. The van der Waals surface area contributed by atoms with Crippen molar-refractivity contribution in [1.29, 1.82) is 0 Å². The molecule has 0 aliphatic carbocycles. The van der Waals surface area contributed by atoms with Gasteiger partial charge in [-0.15, -0.1) is 6.42 Å². The third-order valence-electron chi connectivity index (χ3n) is 5.45. The summed E-state index contributed by atoms with van der Waals surface area (Å²) >= 11 is 0. The molecule has 2 aromatic rings. The number of carboxylic acid groups (broad SMARTS) is 2. The molecule has 10 heteroatoms. The number of benzene rings is 2. The van der Waals surface area contributed by atoms with Crippen LogP contribution in [-0.4, -0.2) is 52.7 Å². The van der Waals surface area contributed by atoms with Crippen molar-refractivity contribution in [2.75, 3.05) is 16.8 Å². The summed E-state index contributed by atoms with van der Waals surface area (Å²) in [6.07, 6.45) is 4.79. The van der Waals surface area contributed by atoms with E-state index in [-0.39, 0.29) is 37.0 Å². The van der Waals surface area contributed by atoms with Crippen LogP contribution in [0.1, 0.15) is 46.0 Å². The van der Waals surface area contributed by atoms with E-state index in [1.54, 1.807) is 18.2 Å². The maximum absolute atomic E-state index is 12.5. The van der Waals surface area contributed by atoms with Crippen LogP contribution in [0.2, 0.25) is 0 Å². The third kappa shape index (κ3) is 6.51. The largest absolute Gasteiger partial charge is 0.481 e. The number of nitrogens with zero attached hydrogens (tertiary/aromatic N) is 1. The molecule has 1 heterocycles. The van der Waals surface area contributed by atoms with Gasteiger partial charge in [-0.25, -0.2) is 4.79 Å². The second-order valence-corrected chi connectivity index (χ2v) is 8.12. The third-order valence-corrected chi connectivity index (χ3v) is 5.45. The lowest BCUT2D eigenvalue weighted by Crippen LogP contribution is -2.42. The number of fused-ring (bicyclic) bond motifs is 1. The number of terminal acetylenes is 1. The van der Waals surface area contributed by atoms with E-state index in [4.69, 9.17) is 11.5 Å². The Bertz CT molecular complexity index is 1170. The van der Waals surface area contributed by atoms with E-state index in [1.807, 2.05) is 24.0 Å². The molecule has 2 amide bonds. The number of carbonyl (C=O) groups is 4. The number of aliphatic carboxylic acids is 2. The summed E-state index contributed by atoms with van der Waals surface area (Å²) in [4.78, 5) is 48.8. The molecule has 5 N–H and O–H groups in total. The van der Waals surface area contributed by atoms with Crippen LogP contribution in [-0.2, 0) is 16.1 Å². The van der Waals surface area contributed by atoms with E-state index in [9.17, 15) is 24.3 Å². The van der Waals surface area contributed by atoms with E-state index in [0.717, 1.165) is 16.9 Å². The quantitative estimate of drug-likeness (QED) is 0.325. The molecule has 0 spiro atoms. The summed E-state index contributed by atoms with van der Waals surface area (Å²) in [7, 11) is 0. The highest BCUT2D eigenvalue weighted by atomic mass is 16.4. The first kappa shape index (κ1) is 25.1. The SMILES string of the molecule is C#CCN(Cc1ccc2c(c1)C(=O)NC(C)N2)c1ccc(C(=O)N[C@@H](CCC(=O)O)C(=O)O)cc1. The first-order chi connectivity index (χ1) is 16.7. The molecule has 182 valence electrons. The molecule has 1 aliphatic heterocycles. The predicted molar refractivity (Wildman–Crippen MR) is 129 cm³/mol. The van der Waals surface area contributed by atoms with Gasteiger partial charge in [-0.2, -0.15) is 0 Å². The molecule has 0 saturated heterocycles. The fourth-order valence-corrected chi connectivity index (χ4v) is 3.71. The zero-order chi connectivity index (χ0) is 25.5. The maximum atomic E-state index is 12.5. The first-order valence-corrected chi connectivity index (χ1v) is 10.9. The smallest absolute Gasteiger partial charge is 0.326 e. The lowest BCUT2D eigenvalue weighted by molar-refractivity contribution is -0.140. The average Bonchev–Trinajstić information content (AvgIpc) is 2.81. The number of rotatable bonds is 10. The van der Waals surface area contributed by atoms with E-state index in [1.165, 1.54) is 12.1 Å². The van der Waals surface area contributed by atoms with Crippen molar-refractivity contribution >= 4 is 35.1 Å². The highest BCUT2D eigenvalue weighted by molar-refractivity contribution is 6.01. The monoisotopic (exact) mass is 478 g/mol. The lowest BCUT2D eigenvalue weighted by atomic mass is 10.0. The molecule has 10 nitrogen and oxygen atoms in total. The van der Waals surface area contributed by atoms with Gasteiger partial charge in [0.25, 0.3) is 11.8 Å². The Balaban J connectivity index is 1.72. The zero-order valence-electron chi connectivity index (χ0n) is 19.1. The Labute approximate surface area is 202 Å². The van der Waals surface area contributed by atoms with Crippen LogP contribution in [0.3, 0.4) is 0 Å². The first-order valence-electron chi connectivity index (χ1n) is 10.9. The molecule has 0 aromatic heterocycles. The Morgan fingerprint density at radius 3 is 2.49 bits per heavy atom. The van der Waals surface area contributed by atoms with Crippen molar-refractivity contribution in [3.63, 3.8) is 0 Å². The van der Waals surface area contributed by atoms with Crippen LogP contribution in [0.15, 0.2) is 42.5 Å². The molecule has 2 aromatic carbocycles. The Kier molecular flexibility index (Phi) is 7.94. The molecule has 2 atom stereocenters. The van der Waals surface area contributed by atoms with Crippen molar-refractivity contribution in [2.45, 2.75) is 38.5 Å². The van der Waals surface area contributed by atoms with Gasteiger partial charge in [0.15, 0.2) is 0 Å². The second kappa shape index (κ2) is 11.1. The Hall–Kier alpha value is -4.52. The van der Waals surface area contributed by atoms with Crippen LogP contribution >= 0.6 is 0 Å². The second-order valence-electron chi connectivity index (χ2n) is 8.12. The summed E-state index contributed by atoms with van der Waals surface area (Å²) in [5, 5.41) is 26.4. The van der Waals surface area contributed by atoms with Crippen LogP contribution < -0.4 is 20.9 Å². The molecular formula is C25H26N4O6. The van der Waals surface area contributed by atoms with Gasteiger partial charge in [0.1, 0.15) is 6.04 Å². The summed E-state index contributed by atoms with van der Waals surface area (Å²) in [5.41, 5.74) is 3.13. The van der Waals surface area contributed by atoms with Crippen LogP contribution in [0.5, 0.6) is 0 Å². The van der Waals surface area contributed by atoms with Gasteiger partial charge in [-0.3, -0.25) is 14.4 Å². The number of nitrogens with one attached hydrogen (secondary N) is 3. The van der Waals surface area contributed by atoms with Crippen LogP contribution in [0, 0.1) is 12.3 Å². The lowest BCUT2D eigenvalue weighted by Gasteiger charge is -2.27. The summed E-state index contributed by atoms with van der Waals surface area (Å²) in [6, 6.07) is 10.7. The van der Waals surface area contributed by atoms with Gasteiger partial charge in [-0.05, 0) is 55.3 Å². The van der Waals surface area contributed by atoms with Gasteiger partial charge in [-0.1, -0.05) is 12.0 Å². The molecule has 35 heavy (non-hydrogen) atoms. The number of anilines is 2. The number of hydrogen-bond acceptors (Lipinski definition) is 6. The number of carbonyl (C=O) groups excluding carboxylic acids is 2. The van der Waals surface area contributed by atoms with Crippen LogP contribution in [0.4, 0.5) is 11.4 Å². The number of amides is 2. The standard InChI is InChI=1S/C25H26N4O6/c1-3-12-29(14-16-4-9-20-19(13-16)24(33)27-15(2)26-20)18-7-5-17(6-8-18)23(32)28-21(25(34)35)10-11-22(30)31/h1,4-9,13,15,21,26H,10-12,14H2,2H3,(H,27,33)(H,28,32)(H,30,31)(H,34,35)/t15?,21-/m0/s1. The molecule has 1 aliphatic rings. The van der Waals surface area contributed by atoms with Crippen molar-refractivity contribution in [3.05, 3.63) is 59.2 Å². The van der Waals surface area contributed by atoms with Crippen molar-refractivity contribution < 1.29 is 29.4 Å². The van der Waals surface area contributed by atoms with Gasteiger partial charge in [0, 0.05) is 29.9 Å². The van der Waals surface area contributed by atoms with Gasteiger partial charge >= 0.3 is 11.9 Å². The van der Waals surface area contributed by atoms with Crippen molar-refractivity contribution in [2.24, 2.45) is 0 Å². The summed E-state index contributed by atoms with van der Waals surface area (Å²) < 4.78 is 0. The predicted octanol–water partition coefficient (Wildman–Crippen LogP) is 1.88. The molecule has 0 fully saturated rings. The minimum absolute atomic E-state index is 0.155. The van der Waals surface area contributed by atoms with Gasteiger partial charge in [0.05, 0.1) is 18.3 Å². The fourth-order valence-electron chi connectivity index (χ4n) is 3.71. The van der Waals surface area contributed by atoms with Gasteiger partial charge in [0.2, 0.25) is 0 Å². The normalized spacial score (nSPS) is 15.0. The van der Waals surface area contributed by atoms with Crippen molar-refractivity contribution in [1.82, 2.24) is 10.6 Å². The highest BCUT2D eigenvalue weighted by Crippen LogP contribution is 2.24. The molecular weight excluding hydrogens is 452 g/mol. The molecule has 3 rings (SSSR count). The summed E-state index contributed by atoms with van der Waals surface area (Å²) in [6.45, 7) is 2.55.